The number of halogens is 1. The van der Waals surface area contributed by atoms with Crippen LogP contribution in [0.5, 0.6) is 5.75 Å². The van der Waals surface area contributed by atoms with Gasteiger partial charge in [-0.1, -0.05) is 48.0 Å². The number of phenolic OH excluding ortho intramolecular Hbond substituents is 1. The van der Waals surface area contributed by atoms with E-state index in [1.165, 1.54) is 24.4 Å². The maximum atomic E-state index is 11.8. The van der Waals surface area contributed by atoms with Crippen LogP contribution >= 0.6 is 11.6 Å². The van der Waals surface area contributed by atoms with E-state index in [0.29, 0.717) is 5.56 Å². The highest BCUT2D eigenvalue weighted by Crippen LogP contribution is 2.23. The Hall–Kier alpha value is -2.59. The highest BCUT2D eigenvalue weighted by Gasteiger charge is 2.06. The summed E-state index contributed by atoms with van der Waals surface area (Å²) < 4.78 is 0. The molecule has 0 aliphatic rings. The third kappa shape index (κ3) is 4.47. The van der Waals surface area contributed by atoms with Crippen molar-refractivity contribution in [2.45, 2.75) is 0 Å². The fourth-order valence-corrected chi connectivity index (χ4v) is 1.75. The van der Waals surface area contributed by atoms with Gasteiger partial charge in [-0.3, -0.25) is 4.79 Å². The number of phenols is 1. The van der Waals surface area contributed by atoms with E-state index in [0.717, 1.165) is 5.56 Å². The molecule has 2 rings (SSSR count). The summed E-state index contributed by atoms with van der Waals surface area (Å²) in [5.74, 6) is -0.469. The van der Waals surface area contributed by atoms with Gasteiger partial charge in [-0.05, 0) is 29.8 Å². The molecular formula is C16H13ClN2O2. The second-order valence-electron chi connectivity index (χ2n) is 4.16. The summed E-state index contributed by atoms with van der Waals surface area (Å²) in [6, 6.07) is 13.9. The molecule has 0 fully saturated rings. The minimum atomic E-state index is -0.402. The third-order valence-corrected chi connectivity index (χ3v) is 2.93. The quantitative estimate of drug-likeness (QED) is 0.671. The molecule has 0 saturated carbocycles. The number of benzene rings is 2. The molecule has 2 aromatic carbocycles. The topological polar surface area (TPSA) is 61.7 Å². The summed E-state index contributed by atoms with van der Waals surface area (Å²) >= 11 is 5.73. The molecule has 5 heteroatoms. The molecule has 0 spiro atoms. The van der Waals surface area contributed by atoms with Gasteiger partial charge < -0.3 is 5.11 Å². The molecule has 4 nitrogen and oxygen atoms in total. The van der Waals surface area contributed by atoms with Crippen LogP contribution in [0.15, 0.2) is 59.7 Å². The molecule has 0 radical (unpaired) electrons. The number of hydrogen-bond donors (Lipinski definition) is 2. The lowest BCUT2D eigenvalue weighted by molar-refractivity contribution is 0.0955. The van der Waals surface area contributed by atoms with Gasteiger partial charge in [-0.2, -0.15) is 5.10 Å². The zero-order valence-electron chi connectivity index (χ0n) is 11.0. The number of amides is 1. The van der Waals surface area contributed by atoms with Crippen LogP contribution in [0.2, 0.25) is 5.02 Å². The average molecular weight is 301 g/mol. The Kier molecular flexibility index (Phi) is 5.12. The van der Waals surface area contributed by atoms with Crippen LogP contribution in [0.25, 0.3) is 6.08 Å². The van der Waals surface area contributed by atoms with Crippen LogP contribution in [0, 0.1) is 0 Å². The van der Waals surface area contributed by atoms with Crippen molar-refractivity contribution in [1.29, 1.82) is 0 Å². The SMILES string of the molecule is O=C(N/N=C/C=C/c1ccccc1)c1ccc(O)c(Cl)c1. The summed E-state index contributed by atoms with van der Waals surface area (Å²) in [6.45, 7) is 0. The van der Waals surface area contributed by atoms with Crippen molar-refractivity contribution in [3.63, 3.8) is 0 Å². The monoisotopic (exact) mass is 300 g/mol. The minimum absolute atomic E-state index is 0.0671. The lowest BCUT2D eigenvalue weighted by Crippen LogP contribution is -2.17. The Bertz CT molecular complexity index is 682. The van der Waals surface area contributed by atoms with Gasteiger partial charge in [-0.25, -0.2) is 5.43 Å². The number of rotatable bonds is 4. The molecule has 0 aromatic heterocycles. The van der Waals surface area contributed by atoms with Gasteiger partial charge in [0.2, 0.25) is 0 Å². The van der Waals surface area contributed by atoms with E-state index in [2.05, 4.69) is 10.5 Å². The number of aromatic hydroxyl groups is 1. The summed E-state index contributed by atoms with van der Waals surface area (Å²) in [6.07, 6.45) is 5.07. The first-order valence-corrected chi connectivity index (χ1v) is 6.58. The van der Waals surface area contributed by atoms with Crippen molar-refractivity contribution >= 4 is 29.8 Å². The van der Waals surface area contributed by atoms with Gasteiger partial charge in [0.1, 0.15) is 5.75 Å². The Balaban J connectivity index is 1.90. The number of allylic oxidation sites excluding steroid dienone is 1. The maximum absolute atomic E-state index is 11.8. The fraction of sp³-hybridized carbons (Fsp3) is 0. The Morgan fingerprint density at radius 3 is 2.67 bits per heavy atom. The summed E-state index contributed by atoms with van der Waals surface area (Å²) in [4.78, 5) is 11.8. The number of carbonyl (C=O) groups is 1. The number of carbonyl (C=O) groups excluding carboxylic acids is 1. The Labute approximate surface area is 127 Å². The second-order valence-corrected chi connectivity index (χ2v) is 4.56. The molecule has 2 aromatic rings. The van der Waals surface area contributed by atoms with Gasteiger partial charge in [0.05, 0.1) is 5.02 Å². The molecule has 0 unspecified atom stereocenters. The van der Waals surface area contributed by atoms with Crippen LogP contribution in [0.3, 0.4) is 0 Å². The van der Waals surface area contributed by atoms with Crippen molar-refractivity contribution in [2.24, 2.45) is 5.10 Å². The fourth-order valence-electron chi connectivity index (χ4n) is 1.57. The zero-order chi connectivity index (χ0) is 15.1. The molecule has 0 aliphatic heterocycles. The van der Waals surface area contributed by atoms with Gasteiger partial charge in [-0.15, -0.1) is 0 Å². The molecule has 106 valence electrons. The predicted molar refractivity (Wildman–Crippen MR) is 84.6 cm³/mol. The van der Waals surface area contributed by atoms with E-state index >= 15 is 0 Å². The lowest BCUT2D eigenvalue weighted by Gasteiger charge is -2.01. The van der Waals surface area contributed by atoms with E-state index in [4.69, 9.17) is 11.6 Å². The molecule has 0 heterocycles. The lowest BCUT2D eigenvalue weighted by atomic mass is 10.2. The first kappa shape index (κ1) is 14.8. The molecule has 0 aliphatic carbocycles. The highest BCUT2D eigenvalue weighted by atomic mass is 35.5. The van der Waals surface area contributed by atoms with Crippen LogP contribution in [-0.2, 0) is 0 Å². The largest absolute Gasteiger partial charge is 0.506 e. The molecule has 1 amide bonds. The normalized spacial score (nSPS) is 11.1. The first-order valence-electron chi connectivity index (χ1n) is 6.20. The van der Waals surface area contributed by atoms with E-state index in [1.54, 1.807) is 6.08 Å². The maximum Gasteiger partial charge on any atom is 0.271 e. The summed E-state index contributed by atoms with van der Waals surface area (Å²) in [5, 5.41) is 13.2. The van der Waals surface area contributed by atoms with E-state index in [9.17, 15) is 9.90 Å². The van der Waals surface area contributed by atoms with Gasteiger partial charge in [0.25, 0.3) is 5.91 Å². The zero-order valence-corrected chi connectivity index (χ0v) is 11.8. The van der Waals surface area contributed by atoms with Crippen molar-refractivity contribution in [3.05, 3.63) is 70.8 Å². The number of hydrogen-bond acceptors (Lipinski definition) is 3. The molecule has 2 N–H and O–H groups in total. The molecule has 0 bridgehead atoms. The Morgan fingerprint density at radius 2 is 1.95 bits per heavy atom. The summed E-state index contributed by atoms with van der Waals surface area (Å²) in [5.41, 5.74) is 3.73. The molecule has 21 heavy (non-hydrogen) atoms. The van der Waals surface area contributed by atoms with Crippen molar-refractivity contribution < 1.29 is 9.90 Å². The number of nitrogens with zero attached hydrogens (tertiary/aromatic N) is 1. The first-order chi connectivity index (χ1) is 10.2. The van der Waals surface area contributed by atoms with Gasteiger partial charge in [0.15, 0.2) is 0 Å². The number of hydrazone groups is 1. The third-order valence-electron chi connectivity index (χ3n) is 2.62. The van der Waals surface area contributed by atoms with E-state index in [-0.39, 0.29) is 10.8 Å². The summed E-state index contributed by atoms with van der Waals surface area (Å²) in [7, 11) is 0. The highest BCUT2D eigenvalue weighted by molar-refractivity contribution is 6.32. The minimum Gasteiger partial charge on any atom is -0.506 e. The van der Waals surface area contributed by atoms with E-state index < -0.39 is 5.91 Å². The predicted octanol–water partition coefficient (Wildman–Crippen LogP) is 3.47. The molecule has 0 saturated heterocycles. The van der Waals surface area contributed by atoms with Crippen molar-refractivity contribution in [1.82, 2.24) is 5.43 Å². The Morgan fingerprint density at radius 1 is 1.19 bits per heavy atom. The van der Waals surface area contributed by atoms with Crippen molar-refractivity contribution in [2.75, 3.05) is 0 Å². The molecular weight excluding hydrogens is 288 g/mol. The smallest absolute Gasteiger partial charge is 0.271 e. The van der Waals surface area contributed by atoms with Crippen molar-refractivity contribution in [3.8, 4) is 5.75 Å². The average Bonchev–Trinajstić information content (AvgIpc) is 2.50. The van der Waals surface area contributed by atoms with Crippen LogP contribution in [0.1, 0.15) is 15.9 Å². The van der Waals surface area contributed by atoms with Crippen LogP contribution < -0.4 is 5.43 Å². The van der Waals surface area contributed by atoms with Gasteiger partial charge >= 0.3 is 0 Å². The number of nitrogens with one attached hydrogen (secondary N) is 1. The van der Waals surface area contributed by atoms with Crippen LogP contribution in [-0.4, -0.2) is 17.2 Å². The molecule has 0 atom stereocenters. The van der Waals surface area contributed by atoms with Crippen LogP contribution in [0.4, 0.5) is 0 Å². The second kappa shape index (κ2) is 7.26. The standard InChI is InChI=1S/C16H13ClN2O2/c17-14-11-13(8-9-15(14)20)16(21)19-18-10-4-7-12-5-2-1-3-6-12/h1-11,20H,(H,19,21)/b7-4+,18-10+. The van der Waals surface area contributed by atoms with E-state index in [1.807, 2.05) is 36.4 Å². The van der Waals surface area contributed by atoms with Gasteiger partial charge in [0, 0.05) is 11.8 Å².